The van der Waals surface area contributed by atoms with Gasteiger partial charge in [-0.1, -0.05) is 42.1 Å². The second kappa shape index (κ2) is 9.60. The van der Waals surface area contributed by atoms with Crippen LogP contribution in [0.25, 0.3) is 0 Å². The van der Waals surface area contributed by atoms with Crippen LogP contribution in [0.2, 0.25) is 0 Å². The number of benzene rings is 1. The maximum atomic E-state index is 13.4. The van der Waals surface area contributed by atoms with Crippen molar-refractivity contribution in [2.45, 2.75) is 23.9 Å². The van der Waals surface area contributed by atoms with Crippen molar-refractivity contribution < 1.29 is 14.3 Å². The molecule has 1 aromatic carbocycles. The third kappa shape index (κ3) is 4.57. The van der Waals surface area contributed by atoms with E-state index in [9.17, 15) is 4.79 Å². The van der Waals surface area contributed by atoms with E-state index in [-0.39, 0.29) is 11.2 Å². The second-order valence-corrected chi connectivity index (χ2v) is 8.04. The minimum absolute atomic E-state index is 0.100. The highest BCUT2D eigenvalue weighted by atomic mass is 32.2. The standard InChI is InChI=1S/C20H27N5O3S/c1-2-25-19(24-10-14-28-15-11-24)21-22-20(25)29-17(16-6-4-3-5-7-16)18(26)23-8-12-27-13-9-23/h3-7,17H,2,8-15H2,1H3/t17-/m0/s1. The van der Waals surface area contributed by atoms with Gasteiger partial charge in [-0.3, -0.25) is 9.36 Å². The Kier molecular flexibility index (Phi) is 6.68. The average Bonchev–Trinajstić information content (AvgIpc) is 3.21. The van der Waals surface area contributed by atoms with Gasteiger partial charge in [0.15, 0.2) is 5.16 Å². The van der Waals surface area contributed by atoms with E-state index in [1.807, 2.05) is 35.2 Å². The van der Waals surface area contributed by atoms with Gasteiger partial charge in [0.2, 0.25) is 11.9 Å². The van der Waals surface area contributed by atoms with E-state index in [0.717, 1.165) is 36.3 Å². The van der Waals surface area contributed by atoms with Gasteiger partial charge >= 0.3 is 0 Å². The highest BCUT2D eigenvalue weighted by molar-refractivity contribution is 8.00. The average molecular weight is 418 g/mol. The van der Waals surface area contributed by atoms with E-state index in [1.165, 1.54) is 11.8 Å². The Labute approximate surface area is 175 Å². The lowest BCUT2D eigenvalue weighted by Crippen LogP contribution is -2.42. The molecule has 0 unspecified atom stereocenters. The van der Waals surface area contributed by atoms with Crippen LogP contribution in [0.15, 0.2) is 35.5 Å². The number of rotatable bonds is 6. The van der Waals surface area contributed by atoms with Crippen LogP contribution in [0.3, 0.4) is 0 Å². The molecule has 2 aliphatic rings. The van der Waals surface area contributed by atoms with Crippen molar-refractivity contribution >= 4 is 23.6 Å². The summed E-state index contributed by atoms with van der Waals surface area (Å²) in [5, 5.41) is 9.31. The van der Waals surface area contributed by atoms with Crippen molar-refractivity contribution in [3.8, 4) is 0 Å². The molecule has 9 heteroatoms. The lowest BCUT2D eigenvalue weighted by molar-refractivity contribution is -0.134. The number of anilines is 1. The van der Waals surface area contributed by atoms with E-state index in [0.29, 0.717) is 39.5 Å². The molecular weight excluding hydrogens is 390 g/mol. The summed E-state index contributed by atoms with van der Waals surface area (Å²) in [4.78, 5) is 17.5. The smallest absolute Gasteiger partial charge is 0.240 e. The van der Waals surface area contributed by atoms with Crippen molar-refractivity contribution in [1.29, 1.82) is 0 Å². The van der Waals surface area contributed by atoms with Crippen LogP contribution in [0.5, 0.6) is 0 Å². The number of hydrogen-bond acceptors (Lipinski definition) is 7. The molecule has 0 aliphatic carbocycles. The Morgan fingerprint density at radius 2 is 1.69 bits per heavy atom. The van der Waals surface area contributed by atoms with Crippen LogP contribution in [-0.2, 0) is 20.8 Å². The molecule has 2 fully saturated rings. The van der Waals surface area contributed by atoms with Crippen LogP contribution in [0.1, 0.15) is 17.7 Å². The van der Waals surface area contributed by atoms with Gasteiger partial charge in [0.25, 0.3) is 0 Å². The summed E-state index contributed by atoms with van der Waals surface area (Å²) < 4.78 is 13.0. The van der Waals surface area contributed by atoms with Crippen molar-refractivity contribution in [1.82, 2.24) is 19.7 Å². The first-order valence-corrected chi connectivity index (χ1v) is 11.0. The molecule has 0 N–H and O–H groups in total. The minimum atomic E-state index is -0.360. The number of nitrogens with zero attached hydrogens (tertiary/aromatic N) is 5. The first kappa shape index (κ1) is 20.2. The van der Waals surface area contributed by atoms with E-state index < -0.39 is 0 Å². The fourth-order valence-electron chi connectivity index (χ4n) is 3.59. The van der Waals surface area contributed by atoms with Gasteiger partial charge in [-0.2, -0.15) is 0 Å². The molecule has 8 nitrogen and oxygen atoms in total. The Balaban J connectivity index is 1.60. The summed E-state index contributed by atoms with van der Waals surface area (Å²) in [7, 11) is 0. The first-order valence-electron chi connectivity index (χ1n) is 10.1. The third-order valence-electron chi connectivity index (χ3n) is 5.18. The highest BCUT2D eigenvalue weighted by Gasteiger charge is 2.31. The summed E-state index contributed by atoms with van der Waals surface area (Å²) in [6.07, 6.45) is 0. The van der Waals surface area contributed by atoms with Gasteiger partial charge in [-0.05, 0) is 12.5 Å². The first-order chi connectivity index (χ1) is 14.3. The number of hydrogen-bond donors (Lipinski definition) is 0. The molecule has 4 rings (SSSR count). The van der Waals surface area contributed by atoms with E-state index >= 15 is 0 Å². The highest BCUT2D eigenvalue weighted by Crippen LogP contribution is 2.37. The van der Waals surface area contributed by atoms with Crippen molar-refractivity contribution in [2.75, 3.05) is 57.5 Å². The van der Waals surface area contributed by atoms with Gasteiger partial charge in [0.05, 0.1) is 26.4 Å². The number of carbonyl (C=O) groups is 1. The minimum Gasteiger partial charge on any atom is -0.378 e. The van der Waals surface area contributed by atoms with Crippen LogP contribution in [0, 0.1) is 0 Å². The van der Waals surface area contributed by atoms with Crippen LogP contribution < -0.4 is 4.90 Å². The Morgan fingerprint density at radius 3 is 2.34 bits per heavy atom. The molecule has 2 aromatic rings. The van der Waals surface area contributed by atoms with Gasteiger partial charge in [-0.15, -0.1) is 10.2 Å². The molecular formula is C20H27N5O3S. The predicted octanol–water partition coefficient (Wildman–Crippen LogP) is 1.83. The van der Waals surface area contributed by atoms with Crippen LogP contribution in [0.4, 0.5) is 5.95 Å². The monoisotopic (exact) mass is 417 g/mol. The predicted molar refractivity (Wildman–Crippen MR) is 111 cm³/mol. The molecule has 3 heterocycles. The van der Waals surface area contributed by atoms with Gasteiger partial charge < -0.3 is 19.3 Å². The number of morpholine rings is 2. The fraction of sp³-hybridized carbons (Fsp3) is 0.550. The lowest BCUT2D eigenvalue weighted by Gasteiger charge is -2.30. The SMILES string of the molecule is CCn1c(S[C@H](C(=O)N2CCOCC2)c2ccccc2)nnc1N1CCOCC1. The molecule has 156 valence electrons. The number of carbonyl (C=O) groups excluding carboxylic acids is 1. The molecule has 2 saturated heterocycles. The molecule has 0 radical (unpaired) electrons. The Hall–Kier alpha value is -2.10. The summed E-state index contributed by atoms with van der Waals surface area (Å²) >= 11 is 1.48. The van der Waals surface area contributed by atoms with Crippen molar-refractivity contribution in [2.24, 2.45) is 0 Å². The number of amides is 1. The summed E-state index contributed by atoms with van der Waals surface area (Å²) in [6.45, 7) is 8.25. The maximum Gasteiger partial charge on any atom is 0.240 e. The fourth-order valence-corrected chi connectivity index (χ4v) is 4.77. The molecule has 2 aliphatic heterocycles. The van der Waals surface area contributed by atoms with Gasteiger partial charge in [0.1, 0.15) is 5.25 Å². The van der Waals surface area contributed by atoms with Gasteiger partial charge in [0, 0.05) is 32.7 Å². The molecule has 1 atom stereocenters. The lowest BCUT2D eigenvalue weighted by atomic mass is 10.1. The molecule has 0 spiro atoms. The summed E-state index contributed by atoms with van der Waals surface area (Å²) in [5.74, 6) is 0.951. The Bertz CT molecular complexity index is 804. The molecule has 1 aromatic heterocycles. The second-order valence-electron chi connectivity index (χ2n) is 6.97. The van der Waals surface area contributed by atoms with E-state index in [1.54, 1.807) is 0 Å². The number of ether oxygens (including phenoxy) is 2. The molecule has 29 heavy (non-hydrogen) atoms. The normalized spacial score (nSPS) is 18.7. The molecule has 1 amide bonds. The zero-order valence-corrected chi connectivity index (χ0v) is 17.5. The largest absolute Gasteiger partial charge is 0.378 e. The molecule has 0 bridgehead atoms. The topological polar surface area (TPSA) is 72.7 Å². The Morgan fingerprint density at radius 1 is 1.03 bits per heavy atom. The number of aromatic nitrogens is 3. The van der Waals surface area contributed by atoms with E-state index in [2.05, 4.69) is 26.6 Å². The van der Waals surface area contributed by atoms with E-state index in [4.69, 9.17) is 9.47 Å². The zero-order chi connectivity index (χ0) is 20.1. The van der Waals surface area contributed by atoms with Crippen LogP contribution in [-0.4, -0.2) is 78.2 Å². The third-order valence-corrected chi connectivity index (χ3v) is 6.40. The summed E-state index contributed by atoms with van der Waals surface area (Å²) in [5.41, 5.74) is 0.979. The maximum absolute atomic E-state index is 13.4. The quantitative estimate of drug-likeness (QED) is 0.664. The van der Waals surface area contributed by atoms with Crippen LogP contribution >= 0.6 is 11.8 Å². The number of thioether (sulfide) groups is 1. The molecule has 0 saturated carbocycles. The van der Waals surface area contributed by atoms with Crippen molar-refractivity contribution in [3.05, 3.63) is 35.9 Å². The zero-order valence-electron chi connectivity index (χ0n) is 16.7. The van der Waals surface area contributed by atoms with Crippen molar-refractivity contribution in [3.63, 3.8) is 0 Å². The summed E-state index contributed by atoms with van der Waals surface area (Å²) in [6, 6.07) is 9.92. The van der Waals surface area contributed by atoms with Gasteiger partial charge in [-0.25, -0.2) is 0 Å².